The molecule has 0 radical (unpaired) electrons. The molecule has 0 spiro atoms. The Hall–Kier alpha value is -3.40. The number of fused-ring (bicyclic) bond motifs is 2. The van der Waals surface area contributed by atoms with Crippen LogP contribution in [-0.2, 0) is 6.42 Å². The molecule has 4 aromatic rings. The number of rotatable bonds is 4. The molecule has 134 valence electrons. The molecule has 27 heavy (non-hydrogen) atoms. The van der Waals surface area contributed by atoms with Gasteiger partial charge in [0.25, 0.3) is 5.91 Å². The lowest BCUT2D eigenvalue weighted by molar-refractivity contribution is 0.102. The number of carbonyl (C=O) groups excluding carboxylic acids is 1. The monoisotopic (exact) mass is 356 g/mol. The van der Waals surface area contributed by atoms with E-state index in [2.05, 4.69) is 17.2 Å². The van der Waals surface area contributed by atoms with Crippen molar-refractivity contribution in [2.45, 2.75) is 19.8 Å². The molecular formula is C23H20N2O2. The van der Waals surface area contributed by atoms with Gasteiger partial charge in [-0.05, 0) is 41.0 Å². The van der Waals surface area contributed by atoms with Crippen LogP contribution in [-0.4, -0.2) is 10.9 Å². The Kier molecular flexibility index (Phi) is 4.47. The van der Waals surface area contributed by atoms with Gasteiger partial charge in [0, 0.05) is 22.7 Å². The minimum Gasteiger partial charge on any atom is -0.322 e. The van der Waals surface area contributed by atoms with Crippen molar-refractivity contribution < 1.29 is 4.79 Å². The molecule has 4 heteroatoms. The number of aromatic nitrogens is 1. The second-order valence-electron chi connectivity index (χ2n) is 6.65. The molecule has 0 aliphatic rings. The van der Waals surface area contributed by atoms with Crippen LogP contribution in [0.2, 0.25) is 0 Å². The van der Waals surface area contributed by atoms with E-state index in [-0.39, 0.29) is 11.5 Å². The van der Waals surface area contributed by atoms with Crippen molar-refractivity contribution in [1.82, 2.24) is 4.98 Å². The number of aromatic amines is 1. The van der Waals surface area contributed by atoms with Crippen LogP contribution in [0, 0.1) is 0 Å². The first kappa shape index (κ1) is 17.0. The summed E-state index contributed by atoms with van der Waals surface area (Å²) in [6, 6.07) is 20.8. The lowest BCUT2D eigenvalue weighted by atomic mass is 10.0. The summed E-state index contributed by atoms with van der Waals surface area (Å²) >= 11 is 0. The Morgan fingerprint density at radius 1 is 0.963 bits per heavy atom. The van der Waals surface area contributed by atoms with Gasteiger partial charge < -0.3 is 10.3 Å². The van der Waals surface area contributed by atoms with Crippen LogP contribution in [0.1, 0.15) is 29.3 Å². The van der Waals surface area contributed by atoms with Gasteiger partial charge in [0.15, 0.2) is 0 Å². The van der Waals surface area contributed by atoms with Crippen LogP contribution in [0.5, 0.6) is 0 Å². The lowest BCUT2D eigenvalue weighted by Crippen LogP contribution is -2.13. The van der Waals surface area contributed by atoms with Gasteiger partial charge >= 0.3 is 0 Å². The molecule has 4 nitrogen and oxygen atoms in total. The first-order valence-corrected chi connectivity index (χ1v) is 9.11. The van der Waals surface area contributed by atoms with Crippen molar-refractivity contribution >= 4 is 33.3 Å². The zero-order valence-corrected chi connectivity index (χ0v) is 15.1. The van der Waals surface area contributed by atoms with Gasteiger partial charge in [0.1, 0.15) is 0 Å². The van der Waals surface area contributed by atoms with Gasteiger partial charge in [-0.15, -0.1) is 0 Å². The summed E-state index contributed by atoms with van der Waals surface area (Å²) in [7, 11) is 0. The largest absolute Gasteiger partial charge is 0.322 e. The fraction of sp³-hybridized carbons (Fsp3) is 0.130. The number of benzene rings is 3. The van der Waals surface area contributed by atoms with Crippen LogP contribution in [0.15, 0.2) is 71.5 Å². The average molecular weight is 356 g/mol. The van der Waals surface area contributed by atoms with Gasteiger partial charge in [0.2, 0.25) is 5.56 Å². The van der Waals surface area contributed by atoms with Gasteiger partial charge in [-0.3, -0.25) is 9.59 Å². The van der Waals surface area contributed by atoms with Gasteiger partial charge in [-0.1, -0.05) is 55.8 Å². The highest BCUT2D eigenvalue weighted by molar-refractivity contribution is 6.13. The Morgan fingerprint density at radius 2 is 1.78 bits per heavy atom. The molecule has 0 aliphatic carbocycles. The maximum atomic E-state index is 12.8. The van der Waals surface area contributed by atoms with E-state index in [1.54, 1.807) is 6.07 Å². The number of hydrogen-bond donors (Lipinski definition) is 2. The molecule has 2 N–H and O–H groups in total. The summed E-state index contributed by atoms with van der Waals surface area (Å²) in [5.41, 5.74) is 2.93. The van der Waals surface area contributed by atoms with E-state index < -0.39 is 0 Å². The number of carbonyl (C=O) groups is 1. The second kappa shape index (κ2) is 7.08. The lowest BCUT2D eigenvalue weighted by Gasteiger charge is -2.10. The maximum absolute atomic E-state index is 12.8. The number of hydrogen-bond acceptors (Lipinski definition) is 2. The molecule has 4 rings (SSSR count). The number of pyridine rings is 1. The van der Waals surface area contributed by atoms with E-state index in [1.807, 2.05) is 60.7 Å². The summed E-state index contributed by atoms with van der Waals surface area (Å²) in [6.45, 7) is 2.09. The van der Waals surface area contributed by atoms with E-state index in [0.717, 1.165) is 40.1 Å². The van der Waals surface area contributed by atoms with Crippen molar-refractivity contribution in [1.29, 1.82) is 0 Å². The highest BCUT2D eigenvalue weighted by atomic mass is 16.1. The molecule has 0 atom stereocenters. The molecule has 0 unspecified atom stereocenters. The van der Waals surface area contributed by atoms with Gasteiger partial charge in [-0.2, -0.15) is 0 Å². The number of H-pyrrole nitrogens is 1. The highest BCUT2D eigenvalue weighted by Crippen LogP contribution is 2.23. The molecule has 0 saturated heterocycles. The van der Waals surface area contributed by atoms with Crippen molar-refractivity contribution in [2.75, 3.05) is 5.32 Å². The van der Waals surface area contributed by atoms with Gasteiger partial charge in [-0.25, -0.2) is 0 Å². The summed E-state index contributed by atoms with van der Waals surface area (Å²) in [5, 5.41) is 5.90. The van der Waals surface area contributed by atoms with Crippen molar-refractivity contribution in [3.05, 3.63) is 88.2 Å². The molecule has 0 saturated carbocycles. The molecule has 1 heterocycles. The summed E-state index contributed by atoms with van der Waals surface area (Å²) in [4.78, 5) is 27.6. The smallest absolute Gasteiger partial charge is 0.256 e. The predicted octanol–water partition coefficient (Wildman–Crippen LogP) is 4.89. The fourth-order valence-electron chi connectivity index (χ4n) is 3.51. The molecule has 1 aromatic heterocycles. The zero-order chi connectivity index (χ0) is 18.8. The molecule has 3 aromatic carbocycles. The summed E-state index contributed by atoms with van der Waals surface area (Å²) in [5.74, 6) is -0.168. The molecule has 0 aliphatic heterocycles. The normalized spacial score (nSPS) is 11.0. The fourth-order valence-corrected chi connectivity index (χ4v) is 3.51. The molecule has 0 bridgehead atoms. The van der Waals surface area contributed by atoms with E-state index in [0.29, 0.717) is 11.3 Å². The van der Waals surface area contributed by atoms with Crippen LogP contribution in [0.3, 0.4) is 0 Å². The van der Waals surface area contributed by atoms with Crippen molar-refractivity contribution in [2.24, 2.45) is 0 Å². The van der Waals surface area contributed by atoms with Crippen LogP contribution in [0.4, 0.5) is 5.69 Å². The van der Waals surface area contributed by atoms with Gasteiger partial charge in [0.05, 0.1) is 5.52 Å². The quantitative estimate of drug-likeness (QED) is 0.547. The zero-order valence-electron chi connectivity index (χ0n) is 15.1. The molecule has 1 amide bonds. The number of amides is 1. The number of aryl methyl sites for hydroxylation is 1. The highest BCUT2D eigenvalue weighted by Gasteiger charge is 2.11. The third-order valence-electron chi connectivity index (χ3n) is 4.74. The van der Waals surface area contributed by atoms with Crippen LogP contribution in [0.25, 0.3) is 21.7 Å². The Labute approximate surface area is 156 Å². The topological polar surface area (TPSA) is 62.0 Å². The van der Waals surface area contributed by atoms with E-state index in [4.69, 9.17) is 0 Å². The van der Waals surface area contributed by atoms with Crippen molar-refractivity contribution in [3.8, 4) is 0 Å². The molecule has 0 fully saturated rings. The third-order valence-corrected chi connectivity index (χ3v) is 4.74. The van der Waals surface area contributed by atoms with Crippen LogP contribution < -0.4 is 10.9 Å². The first-order valence-electron chi connectivity index (χ1n) is 9.11. The first-order chi connectivity index (χ1) is 13.2. The second-order valence-corrected chi connectivity index (χ2v) is 6.65. The van der Waals surface area contributed by atoms with Crippen molar-refractivity contribution in [3.63, 3.8) is 0 Å². The standard InChI is InChI=1S/C23H20N2O2/c1-2-6-16-13-22(26)25-21-14-17(11-12-19(16)21)24-23(27)20-10-5-8-15-7-3-4-9-18(15)20/h3-5,7-14H,2,6H2,1H3,(H,24,27)(H,25,26). The number of nitrogens with one attached hydrogen (secondary N) is 2. The Morgan fingerprint density at radius 3 is 2.63 bits per heavy atom. The van der Waals surface area contributed by atoms with E-state index >= 15 is 0 Å². The molecular weight excluding hydrogens is 336 g/mol. The average Bonchev–Trinajstić information content (AvgIpc) is 2.67. The summed E-state index contributed by atoms with van der Waals surface area (Å²) in [6.07, 6.45) is 1.82. The minimum absolute atomic E-state index is 0.122. The van der Waals surface area contributed by atoms with E-state index in [9.17, 15) is 9.59 Å². The number of anilines is 1. The van der Waals surface area contributed by atoms with Crippen LogP contribution >= 0.6 is 0 Å². The minimum atomic E-state index is -0.168. The Balaban J connectivity index is 1.71. The van der Waals surface area contributed by atoms with E-state index in [1.165, 1.54) is 0 Å². The maximum Gasteiger partial charge on any atom is 0.256 e. The predicted molar refractivity (Wildman–Crippen MR) is 110 cm³/mol. The SMILES string of the molecule is CCCc1cc(=O)[nH]c2cc(NC(=O)c3cccc4ccccc34)ccc12. The third kappa shape index (κ3) is 3.34. The summed E-state index contributed by atoms with van der Waals surface area (Å²) < 4.78 is 0. The Bertz CT molecular complexity index is 1200.